The highest BCUT2D eigenvalue weighted by Gasteiger charge is 2.12. The third-order valence-corrected chi connectivity index (χ3v) is 2.78. The average Bonchev–Trinajstić information content (AvgIpc) is 2.31. The Morgan fingerprint density at radius 3 is 2.88 bits per heavy atom. The molecule has 1 rings (SSSR count). The second-order valence-corrected chi connectivity index (χ2v) is 4.22. The molecule has 0 aliphatic rings. The summed E-state index contributed by atoms with van der Waals surface area (Å²) in [7, 11) is 1.53. The summed E-state index contributed by atoms with van der Waals surface area (Å²) < 4.78 is 5.07. The van der Waals surface area contributed by atoms with Gasteiger partial charge in [0.05, 0.1) is 12.1 Å². The number of amides is 1. The number of carbonyl (C=O) groups is 1. The van der Waals surface area contributed by atoms with Gasteiger partial charge in [-0.15, -0.1) is 0 Å². The molecule has 0 bridgehead atoms. The third kappa shape index (κ3) is 3.91. The Labute approximate surface area is 106 Å². The van der Waals surface area contributed by atoms with Gasteiger partial charge in [0.2, 0.25) is 5.91 Å². The predicted octanol–water partition coefficient (Wildman–Crippen LogP) is 2.27. The number of nitrogens with two attached hydrogens (primary N) is 1. The van der Waals surface area contributed by atoms with Crippen molar-refractivity contribution in [3.8, 4) is 5.75 Å². The molecule has 0 radical (unpaired) electrons. The molecule has 1 amide bonds. The van der Waals surface area contributed by atoms with Gasteiger partial charge in [0.1, 0.15) is 5.75 Å². The Hall–Kier alpha value is -1.26. The largest absolute Gasteiger partial charge is 0.495 e. The zero-order chi connectivity index (χ0) is 12.8. The summed E-state index contributed by atoms with van der Waals surface area (Å²) in [4.78, 5) is 11.7. The quantitative estimate of drug-likeness (QED) is 0.849. The van der Waals surface area contributed by atoms with E-state index in [2.05, 4.69) is 5.32 Å². The summed E-state index contributed by atoms with van der Waals surface area (Å²) in [6.07, 6.45) is 0.663. The highest BCUT2D eigenvalue weighted by Crippen LogP contribution is 2.27. The minimum absolute atomic E-state index is 0.0557. The Bertz CT molecular complexity index is 396. The molecule has 1 atom stereocenters. The fourth-order valence-corrected chi connectivity index (χ4v) is 1.58. The molecule has 3 N–H and O–H groups in total. The minimum Gasteiger partial charge on any atom is -0.495 e. The van der Waals surface area contributed by atoms with Gasteiger partial charge in [0, 0.05) is 17.7 Å². The highest BCUT2D eigenvalue weighted by atomic mass is 35.5. The number of ether oxygens (including phenoxy) is 1. The van der Waals surface area contributed by atoms with Crippen molar-refractivity contribution in [2.45, 2.75) is 13.3 Å². The fourth-order valence-electron chi connectivity index (χ4n) is 1.38. The van der Waals surface area contributed by atoms with Crippen LogP contribution >= 0.6 is 11.6 Å². The van der Waals surface area contributed by atoms with Crippen LogP contribution in [0.15, 0.2) is 18.2 Å². The van der Waals surface area contributed by atoms with Gasteiger partial charge < -0.3 is 15.8 Å². The Morgan fingerprint density at radius 2 is 2.29 bits per heavy atom. The minimum atomic E-state index is -0.110. The first-order valence-electron chi connectivity index (χ1n) is 5.43. The molecule has 0 spiro atoms. The number of hydrogen-bond donors (Lipinski definition) is 2. The molecular formula is C12H17ClN2O2. The van der Waals surface area contributed by atoms with Crippen LogP contribution in [0.25, 0.3) is 0 Å². The standard InChI is InChI=1S/C12H17ClN2O2/c1-8(5-6-14)12(16)15-9-3-4-10(13)11(7-9)17-2/h3-4,7-8H,5-6,14H2,1-2H3,(H,15,16). The number of anilines is 1. The van der Waals surface area contributed by atoms with Crippen molar-refractivity contribution in [2.24, 2.45) is 11.7 Å². The maximum absolute atomic E-state index is 11.7. The predicted molar refractivity (Wildman–Crippen MR) is 69.5 cm³/mol. The lowest BCUT2D eigenvalue weighted by Gasteiger charge is -2.12. The monoisotopic (exact) mass is 256 g/mol. The van der Waals surface area contributed by atoms with Crippen LogP contribution in [-0.2, 0) is 4.79 Å². The number of rotatable bonds is 5. The number of methoxy groups -OCH3 is 1. The van der Waals surface area contributed by atoms with E-state index in [4.69, 9.17) is 22.1 Å². The van der Waals surface area contributed by atoms with Crippen molar-refractivity contribution >= 4 is 23.2 Å². The molecule has 0 heterocycles. The van der Waals surface area contributed by atoms with Gasteiger partial charge in [-0.2, -0.15) is 0 Å². The van der Waals surface area contributed by atoms with Crippen LogP contribution in [0, 0.1) is 5.92 Å². The van der Waals surface area contributed by atoms with Crippen molar-refractivity contribution in [1.29, 1.82) is 0 Å². The number of halogens is 1. The van der Waals surface area contributed by atoms with Gasteiger partial charge in [-0.3, -0.25) is 4.79 Å². The first-order chi connectivity index (χ1) is 8.08. The molecule has 0 aromatic heterocycles. The van der Waals surface area contributed by atoms with E-state index in [1.807, 2.05) is 6.92 Å². The van der Waals surface area contributed by atoms with Gasteiger partial charge in [0.25, 0.3) is 0 Å². The van der Waals surface area contributed by atoms with Crippen LogP contribution < -0.4 is 15.8 Å². The average molecular weight is 257 g/mol. The van der Waals surface area contributed by atoms with Crippen molar-refractivity contribution < 1.29 is 9.53 Å². The van der Waals surface area contributed by atoms with E-state index in [1.54, 1.807) is 18.2 Å². The van der Waals surface area contributed by atoms with Crippen LogP contribution in [0.4, 0.5) is 5.69 Å². The number of nitrogens with one attached hydrogen (secondary N) is 1. The van der Waals surface area contributed by atoms with Crippen LogP contribution in [0.3, 0.4) is 0 Å². The Balaban J connectivity index is 2.71. The number of carbonyl (C=O) groups excluding carboxylic acids is 1. The van der Waals surface area contributed by atoms with Crippen molar-refractivity contribution in [2.75, 3.05) is 19.0 Å². The van der Waals surface area contributed by atoms with Crippen molar-refractivity contribution in [1.82, 2.24) is 0 Å². The Kier molecular flexibility index (Phi) is 5.25. The summed E-state index contributed by atoms with van der Waals surface area (Å²) in [5.74, 6) is 0.373. The smallest absolute Gasteiger partial charge is 0.227 e. The van der Waals surface area contributed by atoms with Crippen molar-refractivity contribution in [3.05, 3.63) is 23.2 Å². The second kappa shape index (κ2) is 6.47. The Morgan fingerprint density at radius 1 is 1.59 bits per heavy atom. The maximum atomic E-state index is 11.7. The lowest BCUT2D eigenvalue weighted by atomic mass is 10.1. The third-order valence-electron chi connectivity index (χ3n) is 2.47. The summed E-state index contributed by atoms with van der Waals surface area (Å²) >= 11 is 5.89. The first-order valence-corrected chi connectivity index (χ1v) is 5.80. The summed E-state index contributed by atoms with van der Waals surface area (Å²) in [6.45, 7) is 2.34. The lowest BCUT2D eigenvalue weighted by Crippen LogP contribution is -2.22. The normalized spacial score (nSPS) is 12.0. The SMILES string of the molecule is COc1cc(NC(=O)C(C)CCN)ccc1Cl. The zero-order valence-corrected chi connectivity index (χ0v) is 10.8. The maximum Gasteiger partial charge on any atom is 0.227 e. The van der Waals surface area contributed by atoms with Gasteiger partial charge in [-0.05, 0) is 25.1 Å². The molecule has 1 aromatic carbocycles. The molecule has 0 saturated heterocycles. The van der Waals surface area contributed by atoms with Crippen LogP contribution in [0.5, 0.6) is 5.75 Å². The topological polar surface area (TPSA) is 64.3 Å². The second-order valence-electron chi connectivity index (χ2n) is 3.82. The van der Waals surface area contributed by atoms with E-state index < -0.39 is 0 Å². The number of benzene rings is 1. The molecule has 17 heavy (non-hydrogen) atoms. The fraction of sp³-hybridized carbons (Fsp3) is 0.417. The summed E-state index contributed by atoms with van der Waals surface area (Å²) in [6, 6.07) is 5.11. The molecule has 0 aliphatic heterocycles. The summed E-state index contributed by atoms with van der Waals surface area (Å²) in [5.41, 5.74) is 6.08. The molecule has 0 saturated carbocycles. The molecule has 0 fully saturated rings. The van der Waals surface area contributed by atoms with E-state index in [9.17, 15) is 4.79 Å². The van der Waals surface area contributed by atoms with Gasteiger partial charge in [-0.1, -0.05) is 18.5 Å². The van der Waals surface area contributed by atoms with Gasteiger partial charge in [0.15, 0.2) is 0 Å². The molecule has 1 unspecified atom stereocenters. The van der Waals surface area contributed by atoms with Crippen LogP contribution in [-0.4, -0.2) is 19.6 Å². The van der Waals surface area contributed by atoms with E-state index in [1.165, 1.54) is 7.11 Å². The molecular weight excluding hydrogens is 240 g/mol. The highest BCUT2D eigenvalue weighted by molar-refractivity contribution is 6.32. The summed E-state index contributed by atoms with van der Waals surface area (Å²) in [5, 5.41) is 3.31. The van der Waals surface area contributed by atoms with Crippen LogP contribution in [0.2, 0.25) is 5.02 Å². The molecule has 1 aromatic rings. The van der Waals surface area contributed by atoms with Crippen LogP contribution in [0.1, 0.15) is 13.3 Å². The lowest BCUT2D eigenvalue weighted by molar-refractivity contribution is -0.119. The van der Waals surface area contributed by atoms with E-state index in [-0.39, 0.29) is 11.8 Å². The first kappa shape index (κ1) is 13.8. The van der Waals surface area contributed by atoms with E-state index in [0.717, 1.165) is 0 Å². The number of hydrogen-bond acceptors (Lipinski definition) is 3. The zero-order valence-electron chi connectivity index (χ0n) is 10.00. The molecule has 94 valence electrons. The van der Waals surface area contributed by atoms with E-state index in [0.29, 0.717) is 29.4 Å². The van der Waals surface area contributed by atoms with Gasteiger partial charge in [-0.25, -0.2) is 0 Å². The molecule has 0 aliphatic carbocycles. The molecule has 4 nitrogen and oxygen atoms in total. The van der Waals surface area contributed by atoms with E-state index >= 15 is 0 Å². The molecule has 5 heteroatoms. The van der Waals surface area contributed by atoms with Gasteiger partial charge >= 0.3 is 0 Å². The van der Waals surface area contributed by atoms with Crippen molar-refractivity contribution in [3.63, 3.8) is 0 Å².